The van der Waals surface area contributed by atoms with Gasteiger partial charge in [0.15, 0.2) is 5.16 Å². The normalized spacial score (nSPS) is 14.7. The van der Waals surface area contributed by atoms with E-state index in [0.29, 0.717) is 22.6 Å². The maximum absolute atomic E-state index is 12.8. The van der Waals surface area contributed by atoms with Crippen LogP contribution in [0.3, 0.4) is 0 Å². The molecule has 0 saturated heterocycles. The lowest BCUT2D eigenvalue weighted by Gasteiger charge is -2.15. The van der Waals surface area contributed by atoms with Crippen LogP contribution in [-0.4, -0.2) is 39.7 Å². The molecule has 2 aromatic rings. The molecule has 2 amide bonds. The highest BCUT2D eigenvalue weighted by atomic mass is 32.2. The minimum absolute atomic E-state index is 0.0571. The van der Waals surface area contributed by atoms with E-state index >= 15 is 0 Å². The van der Waals surface area contributed by atoms with Gasteiger partial charge in [-0.2, -0.15) is 0 Å². The molecule has 0 bridgehead atoms. The fraction of sp³-hybridized carbons (Fsp3) is 0.474. The summed E-state index contributed by atoms with van der Waals surface area (Å²) in [5.41, 5.74) is 0.577. The van der Waals surface area contributed by atoms with Crippen molar-refractivity contribution in [2.24, 2.45) is 0 Å². The summed E-state index contributed by atoms with van der Waals surface area (Å²) < 4.78 is 1.71. The van der Waals surface area contributed by atoms with Crippen molar-refractivity contribution in [1.29, 1.82) is 0 Å². The van der Waals surface area contributed by atoms with Crippen LogP contribution in [0.2, 0.25) is 0 Å². The minimum Gasteiger partial charge on any atom is -0.354 e. The lowest BCUT2D eigenvalue weighted by Crippen LogP contribution is -2.45. The first kappa shape index (κ1) is 19.4. The van der Waals surface area contributed by atoms with E-state index in [2.05, 4.69) is 15.6 Å². The van der Waals surface area contributed by atoms with Crippen LogP contribution >= 0.6 is 11.8 Å². The molecule has 1 saturated carbocycles. The Morgan fingerprint density at radius 3 is 2.78 bits per heavy atom. The van der Waals surface area contributed by atoms with Crippen molar-refractivity contribution in [1.82, 2.24) is 20.2 Å². The lowest BCUT2D eigenvalue weighted by atomic mass is 10.2. The number of benzene rings is 1. The van der Waals surface area contributed by atoms with Gasteiger partial charge in [-0.3, -0.25) is 19.0 Å². The van der Waals surface area contributed by atoms with Gasteiger partial charge < -0.3 is 10.6 Å². The summed E-state index contributed by atoms with van der Waals surface area (Å²) in [4.78, 5) is 41.5. The molecule has 0 spiro atoms. The van der Waals surface area contributed by atoms with E-state index in [-0.39, 0.29) is 29.2 Å². The number of fused-ring (bicyclic) bond motifs is 1. The first-order valence-electron chi connectivity index (χ1n) is 9.22. The third kappa shape index (κ3) is 4.68. The van der Waals surface area contributed by atoms with Crippen molar-refractivity contribution in [3.05, 3.63) is 34.6 Å². The Labute approximate surface area is 161 Å². The molecule has 1 aliphatic rings. The molecule has 0 aliphatic heterocycles. The second kappa shape index (κ2) is 8.56. The van der Waals surface area contributed by atoms with Crippen LogP contribution in [0.5, 0.6) is 0 Å². The van der Waals surface area contributed by atoms with Crippen LogP contribution in [-0.2, 0) is 9.59 Å². The van der Waals surface area contributed by atoms with Gasteiger partial charge in [-0.25, -0.2) is 4.98 Å². The van der Waals surface area contributed by atoms with E-state index in [0.717, 1.165) is 19.3 Å². The van der Waals surface area contributed by atoms with Crippen LogP contribution in [0.15, 0.2) is 34.2 Å². The highest BCUT2D eigenvalue weighted by Gasteiger charge is 2.29. The second-order valence-electron chi connectivity index (χ2n) is 6.69. The SMILES string of the molecule is CCCNC(=O)[C@H](C)NC(=O)CSc1nc2ccccc2c(=O)n1C1CC1. The maximum atomic E-state index is 12.8. The molecule has 27 heavy (non-hydrogen) atoms. The van der Waals surface area contributed by atoms with Gasteiger partial charge in [0.25, 0.3) is 5.56 Å². The Morgan fingerprint density at radius 1 is 1.33 bits per heavy atom. The first-order valence-corrected chi connectivity index (χ1v) is 10.2. The van der Waals surface area contributed by atoms with Crippen LogP contribution in [0.25, 0.3) is 10.9 Å². The summed E-state index contributed by atoms with van der Waals surface area (Å²) in [6.07, 6.45) is 2.75. The summed E-state index contributed by atoms with van der Waals surface area (Å²) in [5.74, 6) is -0.360. The van der Waals surface area contributed by atoms with Crippen LogP contribution < -0.4 is 16.2 Å². The zero-order valence-electron chi connectivity index (χ0n) is 15.5. The number of amides is 2. The predicted molar refractivity (Wildman–Crippen MR) is 106 cm³/mol. The molecular weight excluding hydrogens is 364 g/mol. The summed E-state index contributed by atoms with van der Waals surface area (Å²) >= 11 is 1.23. The Bertz CT molecular complexity index is 907. The van der Waals surface area contributed by atoms with Crippen molar-refractivity contribution in [2.75, 3.05) is 12.3 Å². The monoisotopic (exact) mass is 388 g/mol. The zero-order valence-corrected chi connectivity index (χ0v) is 16.3. The molecule has 1 aliphatic carbocycles. The molecular formula is C19H24N4O3S. The van der Waals surface area contributed by atoms with Crippen molar-refractivity contribution in [2.45, 2.75) is 50.4 Å². The van der Waals surface area contributed by atoms with Crippen LogP contribution in [0, 0.1) is 0 Å². The average molecular weight is 388 g/mol. The number of hydrogen-bond acceptors (Lipinski definition) is 5. The molecule has 0 unspecified atom stereocenters. The number of hydrogen-bond donors (Lipinski definition) is 2. The van der Waals surface area contributed by atoms with E-state index in [1.807, 2.05) is 19.1 Å². The standard InChI is InChI=1S/C19H24N4O3S/c1-3-10-20-17(25)12(2)21-16(24)11-27-19-22-15-7-5-4-6-14(15)18(26)23(19)13-8-9-13/h4-7,12-13H,3,8-11H2,1-2H3,(H,20,25)(H,21,24)/t12-/m0/s1. The summed E-state index contributed by atoms with van der Waals surface area (Å²) in [7, 11) is 0. The minimum atomic E-state index is -0.597. The molecule has 1 aromatic heterocycles. The van der Waals surface area contributed by atoms with Gasteiger partial charge in [0.1, 0.15) is 6.04 Å². The van der Waals surface area contributed by atoms with Gasteiger partial charge in [-0.15, -0.1) is 0 Å². The predicted octanol–water partition coefficient (Wildman–Crippen LogP) is 1.85. The second-order valence-corrected chi connectivity index (χ2v) is 7.63. The van der Waals surface area contributed by atoms with E-state index in [1.165, 1.54) is 11.8 Å². The molecule has 1 aromatic carbocycles. The number of nitrogens with zero attached hydrogens (tertiary/aromatic N) is 2. The Kier molecular flexibility index (Phi) is 6.15. The topological polar surface area (TPSA) is 93.1 Å². The van der Waals surface area contributed by atoms with Gasteiger partial charge in [0.2, 0.25) is 11.8 Å². The molecule has 2 N–H and O–H groups in total. The Morgan fingerprint density at radius 2 is 2.07 bits per heavy atom. The molecule has 3 rings (SSSR count). The zero-order chi connectivity index (χ0) is 19.4. The maximum Gasteiger partial charge on any atom is 0.262 e. The number of thioether (sulfide) groups is 1. The molecule has 8 heteroatoms. The number of para-hydroxylation sites is 1. The highest BCUT2D eigenvalue weighted by molar-refractivity contribution is 7.99. The number of aromatic nitrogens is 2. The van der Waals surface area contributed by atoms with Crippen molar-refractivity contribution < 1.29 is 9.59 Å². The van der Waals surface area contributed by atoms with Crippen molar-refractivity contribution in [3.8, 4) is 0 Å². The summed E-state index contributed by atoms with van der Waals surface area (Å²) in [6, 6.07) is 6.82. The van der Waals surface area contributed by atoms with Crippen molar-refractivity contribution in [3.63, 3.8) is 0 Å². The van der Waals surface area contributed by atoms with E-state index in [4.69, 9.17) is 0 Å². The number of nitrogens with one attached hydrogen (secondary N) is 2. The molecule has 1 fully saturated rings. The summed E-state index contributed by atoms with van der Waals surface area (Å²) in [5, 5.41) is 6.59. The van der Waals surface area contributed by atoms with Crippen LogP contribution in [0.1, 0.15) is 39.2 Å². The van der Waals surface area contributed by atoms with Gasteiger partial charge in [0.05, 0.1) is 16.7 Å². The molecule has 1 atom stereocenters. The molecule has 0 radical (unpaired) electrons. The molecule has 144 valence electrons. The average Bonchev–Trinajstić information content (AvgIpc) is 3.49. The van der Waals surface area contributed by atoms with Gasteiger partial charge in [-0.05, 0) is 38.3 Å². The fourth-order valence-electron chi connectivity index (χ4n) is 2.76. The first-order chi connectivity index (χ1) is 13.0. The smallest absolute Gasteiger partial charge is 0.262 e. The molecule has 1 heterocycles. The van der Waals surface area contributed by atoms with E-state index in [1.54, 1.807) is 23.6 Å². The summed E-state index contributed by atoms with van der Waals surface area (Å²) in [6.45, 7) is 4.21. The third-order valence-corrected chi connectivity index (χ3v) is 5.29. The van der Waals surface area contributed by atoms with Gasteiger partial charge in [0, 0.05) is 12.6 Å². The van der Waals surface area contributed by atoms with E-state index < -0.39 is 6.04 Å². The Hall–Kier alpha value is -2.35. The lowest BCUT2D eigenvalue weighted by molar-refractivity contribution is -0.127. The fourth-order valence-corrected chi connectivity index (χ4v) is 3.64. The number of carbonyl (C=O) groups is 2. The number of rotatable bonds is 8. The third-order valence-electron chi connectivity index (χ3n) is 4.34. The van der Waals surface area contributed by atoms with Gasteiger partial charge in [-0.1, -0.05) is 30.8 Å². The highest BCUT2D eigenvalue weighted by Crippen LogP contribution is 2.36. The van der Waals surface area contributed by atoms with Crippen molar-refractivity contribution >= 4 is 34.5 Å². The van der Waals surface area contributed by atoms with Gasteiger partial charge >= 0.3 is 0 Å². The quantitative estimate of drug-likeness (QED) is 0.532. The number of carbonyl (C=O) groups excluding carboxylic acids is 2. The van der Waals surface area contributed by atoms with E-state index in [9.17, 15) is 14.4 Å². The Balaban J connectivity index is 1.69. The molecule has 7 nitrogen and oxygen atoms in total. The largest absolute Gasteiger partial charge is 0.354 e. The van der Waals surface area contributed by atoms with Crippen LogP contribution in [0.4, 0.5) is 0 Å².